The van der Waals surface area contributed by atoms with Gasteiger partial charge in [0.05, 0.1) is 16.7 Å². The van der Waals surface area contributed by atoms with Crippen LogP contribution in [0.1, 0.15) is 11.1 Å². The monoisotopic (exact) mass is 370 g/mol. The molecule has 0 saturated carbocycles. The van der Waals surface area contributed by atoms with Gasteiger partial charge in [-0.15, -0.1) is 4.91 Å². The lowest BCUT2D eigenvalue weighted by molar-refractivity contribution is -0.122. The normalized spacial score (nSPS) is 14.3. The smallest absolute Gasteiger partial charge is 0.259 e. The number of carbonyl (C=O) groups is 2. The van der Waals surface area contributed by atoms with Gasteiger partial charge in [-0.25, -0.2) is 0 Å². The van der Waals surface area contributed by atoms with Crippen LogP contribution in [0.5, 0.6) is 0 Å². The minimum atomic E-state index is -0.435. The van der Waals surface area contributed by atoms with Gasteiger partial charge in [-0.3, -0.25) is 14.9 Å². The van der Waals surface area contributed by atoms with Gasteiger partial charge in [0.1, 0.15) is 5.69 Å². The number of rotatable bonds is 3. The molecule has 136 valence electrons. The van der Waals surface area contributed by atoms with Gasteiger partial charge in [-0.1, -0.05) is 18.2 Å². The second-order valence-electron chi connectivity index (χ2n) is 6.73. The molecule has 0 unspecified atom stereocenters. The van der Waals surface area contributed by atoms with Crippen molar-refractivity contribution in [2.45, 2.75) is 0 Å². The van der Waals surface area contributed by atoms with E-state index in [1.807, 2.05) is 35.9 Å². The number of carbonyl (C=O) groups excluding carboxylic acids is 2. The Balaban J connectivity index is 1.84. The highest BCUT2D eigenvalue weighted by molar-refractivity contribution is 6.50. The Bertz CT molecular complexity index is 1360. The fourth-order valence-electron chi connectivity index (χ4n) is 3.88. The standard InChI is InChI=1S/C21H14N4O3/c1-25-10-15(13-7-6-11(24-28)8-17(13)25)19-18(20(26)23-21(19)27)14-9-22-16-5-3-2-4-12(14)16/h2-10,22H,1H3,(H,23,26,27). The molecule has 1 aliphatic heterocycles. The van der Waals surface area contributed by atoms with E-state index in [-0.39, 0.29) is 0 Å². The summed E-state index contributed by atoms with van der Waals surface area (Å²) in [5, 5.41) is 7.03. The predicted octanol–water partition coefficient (Wildman–Crippen LogP) is 3.62. The lowest BCUT2D eigenvalue weighted by Gasteiger charge is -2.03. The van der Waals surface area contributed by atoms with Crippen LogP contribution in [0.25, 0.3) is 33.0 Å². The molecule has 0 fully saturated rings. The molecule has 0 aliphatic carbocycles. The maximum absolute atomic E-state index is 12.7. The minimum absolute atomic E-state index is 0.304. The van der Waals surface area contributed by atoms with Gasteiger partial charge >= 0.3 is 0 Å². The number of aromatic amines is 1. The number of nitroso groups, excluding NO2 is 1. The van der Waals surface area contributed by atoms with Gasteiger partial charge in [0.25, 0.3) is 11.8 Å². The SMILES string of the molecule is Cn1cc(C2=C(c3c[nH]c4ccccc34)C(=O)NC2=O)c2ccc(N=O)cc21. The Labute approximate surface area is 158 Å². The predicted molar refractivity (Wildman–Crippen MR) is 107 cm³/mol. The number of aryl methyl sites for hydroxylation is 1. The number of para-hydroxylation sites is 1. The Morgan fingerprint density at radius 2 is 1.68 bits per heavy atom. The van der Waals surface area contributed by atoms with Gasteiger partial charge < -0.3 is 9.55 Å². The molecule has 1 aliphatic rings. The van der Waals surface area contributed by atoms with E-state index in [1.54, 1.807) is 30.6 Å². The van der Waals surface area contributed by atoms with Gasteiger partial charge in [0.15, 0.2) is 0 Å². The number of hydrogen-bond donors (Lipinski definition) is 2. The highest BCUT2D eigenvalue weighted by Gasteiger charge is 2.34. The van der Waals surface area contributed by atoms with Crippen molar-refractivity contribution >= 4 is 50.5 Å². The molecular weight excluding hydrogens is 356 g/mol. The van der Waals surface area contributed by atoms with Crippen molar-refractivity contribution in [2.24, 2.45) is 12.2 Å². The Kier molecular flexibility index (Phi) is 3.33. The third-order valence-electron chi connectivity index (χ3n) is 5.14. The van der Waals surface area contributed by atoms with Crippen LogP contribution >= 0.6 is 0 Å². The molecule has 7 heteroatoms. The Hall–Kier alpha value is -4.00. The van der Waals surface area contributed by atoms with Gasteiger partial charge in [0.2, 0.25) is 0 Å². The first-order valence-electron chi connectivity index (χ1n) is 8.67. The average Bonchev–Trinajstić information content (AvgIpc) is 3.35. The van der Waals surface area contributed by atoms with Crippen molar-refractivity contribution in [1.29, 1.82) is 0 Å². The molecule has 28 heavy (non-hydrogen) atoms. The zero-order chi connectivity index (χ0) is 19.4. The summed E-state index contributed by atoms with van der Waals surface area (Å²) < 4.78 is 1.81. The van der Waals surface area contributed by atoms with Crippen LogP contribution in [0.2, 0.25) is 0 Å². The van der Waals surface area contributed by atoms with E-state index < -0.39 is 11.8 Å². The number of benzene rings is 2. The number of nitrogens with zero attached hydrogens (tertiary/aromatic N) is 2. The number of nitrogens with one attached hydrogen (secondary N) is 2. The summed E-state index contributed by atoms with van der Waals surface area (Å²) in [6.45, 7) is 0. The van der Waals surface area contributed by atoms with Gasteiger partial charge in [-0.2, -0.15) is 0 Å². The fraction of sp³-hybridized carbons (Fsp3) is 0.0476. The lowest BCUT2D eigenvalue weighted by atomic mass is 9.95. The molecule has 2 amide bonds. The zero-order valence-electron chi connectivity index (χ0n) is 14.8. The maximum atomic E-state index is 12.7. The van der Waals surface area contributed by atoms with Crippen LogP contribution in [0.4, 0.5) is 5.69 Å². The van der Waals surface area contributed by atoms with Crippen LogP contribution in [0.3, 0.4) is 0 Å². The Morgan fingerprint density at radius 3 is 2.46 bits per heavy atom. The first-order chi connectivity index (χ1) is 13.6. The molecule has 2 aromatic carbocycles. The van der Waals surface area contributed by atoms with Crippen LogP contribution in [0.15, 0.2) is 60.0 Å². The van der Waals surface area contributed by atoms with Crippen LogP contribution < -0.4 is 5.32 Å². The topological polar surface area (TPSA) is 96.3 Å². The van der Waals surface area contributed by atoms with Crippen molar-refractivity contribution in [2.75, 3.05) is 0 Å². The second kappa shape index (κ2) is 5.75. The van der Waals surface area contributed by atoms with E-state index in [1.165, 1.54) is 0 Å². The zero-order valence-corrected chi connectivity index (χ0v) is 14.8. The summed E-state index contributed by atoms with van der Waals surface area (Å²) in [5.41, 5.74) is 3.93. The summed E-state index contributed by atoms with van der Waals surface area (Å²) in [7, 11) is 1.82. The highest BCUT2D eigenvalue weighted by atomic mass is 16.3. The first-order valence-corrected chi connectivity index (χ1v) is 8.67. The third kappa shape index (κ3) is 2.16. The largest absolute Gasteiger partial charge is 0.361 e. The molecule has 0 atom stereocenters. The number of H-pyrrole nitrogens is 1. The molecule has 4 aromatic rings. The summed E-state index contributed by atoms with van der Waals surface area (Å²) >= 11 is 0. The van der Waals surface area contributed by atoms with E-state index >= 15 is 0 Å². The molecule has 0 saturated heterocycles. The van der Waals surface area contributed by atoms with E-state index in [0.29, 0.717) is 28.0 Å². The van der Waals surface area contributed by atoms with Crippen molar-refractivity contribution in [3.8, 4) is 0 Å². The highest BCUT2D eigenvalue weighted by Crippen LogP contribution is 2.38. The van der Waals surface area contributed by atoms with Crippen molar-refractivity contribution in [1.82, 2.24) is 14.9 Å². The van der Waals surface area contributed by atoms with E-state index in [0.717, 1.165) is 21.8 Å². The fourth-order valence-corrected chi connectivity index (χ4v) is 3.88. The number of imide groups is 1. The minimum Gasteiger partial charge on any atom is -0.361 e. The molecule has 3 heterocycles. The second-order valence-corrected chi connectivity index (χ2v) is 6.73. The van der Waals surface area contributed by atoms with Gasteiger partial charge in [0, 0.05) is 46.9 Å². The van der Waals surface area contributed by atoms with Crippen LogP contribution in [-0.2, 0) is 16.6 Å². The number of hydrogen-bond acceptors (Lipinski definition) is 4. The molecule has 5 rings (SSSR count). The summed E-state index contributed by atoms with van der Waals surface area (Å²) in [6, 6.07) is 12.6. The number of fused-ring (bicyclic) bond motifs is 2. The molecule has 0 spiro atoms. The summed E-state index contributed by atoms with van der Waals surface area (Å²) in [5.74, 6) is -0.858. The van der Waals surface area contributed by atoms with Crippen molar-refractivity contribution in [3.63, 3.8) is 0 Å². The third-order valence-corrected chi connectivity index (χ3v) is 5.14. The average molecular weight is 370 g/mol. The molecule has 0 radical (unpaired) electrons. The van der Waals surface area contributed by atoms with Crippen molar-refractivity contribution < 1.29 is 9.59 Å². The molecule has 2 N–H and O–H groups in total. The quantitative estimate of drug-likeness (QED) is 0.426. The number of amides is 2. The molecule has 2 aromatic heterocycles. The Morgan fingerprint density at radius 1 is 0.929 bits per heavy atom. The van der Waals surface area contributed by atoms with Crippen LogP contribution in [0, 0.1) is 4.91 Å². The molecule has 7 nitrogen and oxygen atoms in total. The van der Waals surface area contributed by atoms with Crippen LogP contribution in [-0.4, -0.2) is 21.4 Å². The molecule has 0 bridgehead atoms. The lowest BCUT2D eigenvalue weighted by Crippen LogP contribution is -2.22. The van der Waals surface area contributed by atoms with Crippen molar-refractivity contribution in [3.05, 3.63) is 70.9 Å². The summed E-state index contributed by atoms with van der Waals surface area (Å²) in [4.78, 5) is 39.4. The van der Waals surface area contributed by atoms with E-state index in [9.17, 15) is 14.5 Å². The summed E-state index contributed by atoms with van der Waals surface area (Å²) in [6.07, 6.45) is 3.54. The number of aromatic nitrogens is 2. The van der Waals surface area contributed by atoms with Gasteiger partial charge in [-0.05, 0) is 29.4 Å². The molecular formula is C21H14N4O3. The van der Waals surface area contributed by atoms with E-state index in [4.69, 9.17) is 0 Å². The maximum Gasteiger partial charge on any atom is 0.259 e. The van der Waals surface area contributed by atoms with E-state index in [2.05, 4.69) is 15.5 Å². The first kappa shape index (κ1) is 16.2.